The number of alkyl halides is 3. The van der Waals surface area contributed by atoms with Crippen LogP contribution in [0.15, 0.2) is 71.8 Å². The van der Waals surface area contributed by atoms with Gasteiger partial charge in [-0.05, 0) is 49.4 Å². The molecule has 7 nitrogen and oxygen atoms in total. The first-order valence-corrected chi connectivity index (χ1v) is 10.5. The third-order valence-electron chi connectivity index (χ3n) is 4.90. The number of rotatable bonds is 7. The van der Waals surface area contributed by atoms with Crippen molar-refractivity contribution in [2.45, 2.75) is 19.7 Å². The lowest BCUT2D eigenvalue weighted by Crippen LogP contribution is -2.33. The van der Waals surface area contributed by atoms with Crippen LogP contribution in [-0.4, -0.2) is 24.6 Å². The van der Waals surface area contributed by atoms with Crippen molar-refractivity contribution in [3.8, 4) is 11.5 Å². The number of carbonyl (C=O) groups is 2. The van der Waals surface area contributed by atoms with Crippen molar-refractivity contribution in [1.82, 2.24) is 5.43 Å². The summed E-state index contributed by atoms with van der Waals surface area (Å²) in [6, 6.07) is 14.8. The van der Waals surface area contributed by atoms with Crippen LogP contribution in [0.5, 0.6) is 11.5 Å². The smallest absolute Gasteiger partial charge is 0.416 e. The van der Waals surface area contributed by atoms with Crippen LogP contribution in [0.25, 0.3) is 0 Å². The van der Waals surface area contributed by atoms with Crippen LogP contribution in [0, 0.1) is 5.82 Å². The number of hydrogen-bond donors (Lipinski definition) is 2. The van der Waals surface area contributed by atoms with Crippen molar-refractivity contribution in [1.29, 1.82) is 0 Å². The molecule has 0 unspecified atom stereocenters. The van der Waals surface area contributed by atoms with Crippen LogP contribution in [0.3, 0.4) is 0 Å². The summed E-state index contributed by atoms with van der Waals surface area (Å²) in [5.41, 5.74) is 2.08. The summed E-state index contributed by atoms with van der Waals surface area (Å²) in [7, 11) is 1.42. The van der Waals surface area contributed by atoms with E-state index in [9.17, 15) is 27.2 Å². The average molecular weight is 503 g/mol. The van der Waals surface area contributed by atoms with Crippen LogP contribution in [0.4, 0.5) is 23.2 Å². The Morgan fingerprint density at radius 2 is 1.69 bits per heavy atom. The third kappa shape index (κ3) is 6.81. The van der Waals surface area contributed by atoms with E-state index in [1.54, 1.807) is 43.3 Å². The predicted octanol–water partition coefficient (Wildman–Crippen LogP) is 4.91. The highest BCUT2D eigenvalue weighted by Crippen LogP contribution is 2.31. The molecule has 0 saturated carbocycles. The second kappa shape index (κ2) is 11.3. The minimum atomic E-state index is -4.59. The first-order valence-electron chi connectivity index (χ1n) is 10.5. The van der Waals surface area contributed by atoms with E-state index in [2.05, 4.69) is 15.8 Å². The fraction of sp³-hybridized carbons (Fsp3) is 0.160. The number of amides is 2. The van der Waals surface area contributed by atoms with Crippen LogP contribution in [0.2, 0.25) is 0 Å². The third-order valence-corrected chi connectivity index (χ3v) is 4.90. The van der Waals surface area contributed by atoms with Gasteiger partial charge in [0.05, 0.1) is 18.4 Å². The van der Waals surface area contributed by atoms with Gasteiger partial charge in [-0.15, -0.1) is 0 Å². The minimum Gasteiger partial charge on any atom is -0.493 e. The lowest BCUT2D eigenvalue weighted by molar-refractivity contribution is -0.137. The molecular weight excluding hydrogens is 482 g/mol. The van der Waals surface area contributed by atoms with E-state index < -0.39 is 29.4 Å². The Hall–Kier alpha value is -4.41. The fourth-order valence-electron chi connectivity index (χ4n) is 2.99. The molecule has 2 amide bonds. The molecule has 0 saturated heterocycles. The summed E-state index contributed by atoms with van der Waals surface area (Å²) in [5, 5.41) is 5.95. The number of anilines is 1. The summed E-state index contributed by atoms with van der Waals surface area (Å²) in [6.07, 6.45) is -4.59. The molecule has 0 atom stereocenters. The molecule has 3 aromatic rings. The Kier molecular flexibility index (Phi) is 8.26. The first-order chi connectivity index (χ1) is 17.1. The Morgan fingerprint density at radius 3 is 2.39 bits per heavy atom. The lowest BCUT2D eigenvalue weighted by atomic mass is 10.1. The molecular formula is C25H21F4N3O4. The SMILES string of the molecule is COc1cc(/C(C)=N/NC(=O)C(=O)Nc2cccc(C(F)(F)F)c2)ccc1OCc1ccccc1F. The highest BCUT2D eigenvalue weighted by Gasteiger charge is 2.30. The predicted molar refractivity (Wildman–Crippen MR) is 124 cm³/mol. The van der Waals surface area contributed by atoms with E-state index in [1.165, 1.54) is 19.2 Å². The van der Waals surface area contributed by atoms with Gasteiger partial charge in [-0.1, -0.05) is 24.3 Å². The maximum Gasteiger partial charge on any atom is 0.416 e. The topological polar surface area (TPSA) is 89.0 Å². The Balaban J connectivity index is 1.63. The Bertz CT molecular complexity index is 1290. The number of hydrazone groups is 1. The van der Waals surface area contributed by atoms with Crippen LogP contribution in [0.1, 0.15) is 23.6 Å². The molecule has 0 aromatic heterocycles. The largest absolute Gasteiger partial charge is 0.493 e. The number of methoxy groups -OCH3 is 1. The summed E-state index contributed by atoms with van der Waals surface area (Å²) >= 11 is 0. The zero-order valence-corrected chi connectivity index (χ0v) is 19.2. The van der Waals surface area contributed by atoms with E-state index in [1.807, 2.05) is 0 Å². The second-order valence-electron chi connectivity index (χ2n) is 7.42. The second-order valence-corrected chi connectivity index (χ2v) is 7.42. The van der Waals surface area contributed by atoms with E-state index in [-0.39, 0.29) is 12.3 Å². The van der Waals surface area contributed by atoms with Crippen molar-refractivity contribution in [2.24, 2.45) is 5.10 Å². The molecule has 0 spiro atoms. The fourth-order valence-corrected chi connectivity index (χ4v) is 2.99. The quantitative estimate of drug-likeness (QED) is 0.208. The van der Waals surface area contributed by atoms with Gasteiger partial charge in [0.25, 0.3) is 0 Å². The highest BCUT2D eigenvalue weighted by atomic mass is 19.4. The summed E-state index contributed by atoms with van der Waals surface area (Å²) < 4.78 is 63.2. The van der Waals surface area contributed by atoms with Gasteiger partial charge >= 0.3 is 18.0 Å². The number of carbonyl (C=O) groups excluding carboxylic acids is 2. The normalized spacial score (nSPS) is 11.6. The minimum absolute atomic E-state index is 0.0213. The molecule has 3 rings (SSSR count). The van der Waals surface area contributed by atoms with E-state index in [0.717, 1.165) is 12.1 Å². The Labute approximate surface area is 203 Å². The van der Waals surface area contributed by atoms with Crippen LogP contribution in [-0.2, 0) is 22.4 Å². The Morgan fingerprint density at radius 1 is 0.944 bits per heavy atom. The molecule has 0 bridgehead atoms. The van der Waals surface area contributed by atoms with Crippen molar-refractivity contribution in [3.05, 3.63) is 89.2 Å². The van der Waals surface area contributed by atoms with Gasteiger partial charge < -0.3 is 14.8 Å². The molecule has 0 aliphatic heterocycles. The van der Waals surface area contributed by atoms with Crippen molar-refractivity contribution < 1.29 is 36.6 Å². The molecule has 2 N–H and O–H groups in total. The molecule has 0 radical (unpaired) electrons. The van der Waals surface area contributed by atoms with Crippen molar-refractivity contribution in [3.63, 3.8) is 0 Å². The number of benzene rings is 3. The molecule has 0 aliphatic carbocycles. The molecule has 0 fully saturated rings. The van der Waals surface area contributed by atoms with Gasteiger partial charge in [-0.25, -0.2) is 9.82 Å². The summed E-state index contributed by atoms with van der Waals surface area (Å²) in [4.78, 5) is 24.1. The van der Waals surface area contributed by atoms with Gasteiger partial charge in [0.1, 0.15) is 12.4 Å². The van der Waals surface area contributed by atoms with Gasteiger partial charge in [0, 0.05) is 16.8 Å². The number of nitrogens with zero attached hydrogens (tertiary/aromatic N) is 1. The molecule has 0 aliphatic rings. The molecule has 0 heterocycles. The average Bonchev–Trinajstić information content (AvgIpc) is 2.86. The zero-order chi connectivity index (χ0) is 26.3. The van der Waals surface area contributed by atoms with Crippen molar-refractivity contribution in [2.75, 3.05) is 12.4 Å². The van der Waals surface area contributed by atoms with E-state index in [4.69, 9.17) is 9.47 Å². The van der Waals surface area contributed by atoms with Crippen molar-refractivity contribution >= 4 is 23.2 Å². The van der Waals surface area contributed by atoms with Crippen LogP contribution >= 0.6 is 0 Å². The monoisotopic (exact) mass is 503 g/mol. The number of ether oxygens (including phenoxy) is 2. The lowest BCUT2D eigenvalue weighted by Gasteiger charge is -2.13. The standard InChI is InChI=1S/C25H21F4N3O4/c1-15(31-32-24(34)23(33)30-19-8-5-7-18(13-19)25(27,28)29)16-10-11-21(22(12-16)35-2)36-14-17-6-3-4-9-20(17)26/h3-13H,14H2,1-2H3,(H,30,33)(H,32,34)/b31-15+. The maximum absolute atomic E-state index is 13.8. The molecule has 3 aromatic carbocycles. The van der Waals surface area contributed by atoms with E-state index >= 15 is 0 Å². The number of hydrogen-bond acceptors (Lipinski definition) is 5. The van der Waals surface area contributed by atoms with Gasteiger partial charge in [0.15, 0.2) is 11.5 Å². The van der Waals surface area contributed by atoms with Gasteiger partial charge in [-0.2, -0.15) is 18.3 Å². The number of nitrogens with one attached hydrogen (secondary N) is 2. The van der Waals surface area contributed by atoms with Gasteiger partial charge in [0.2, 0.25) is 0 Å². The zero-order valence-electron chi connectivity index (χ0n) is 19.2. The summed E-state index contributed by atoms with van der Waals surface area (Å²) in [6.45, 7) is 1.53. The summed E-state index contributed by atoms with van der Waals surface area (Å²) in [5.74, 6) is -2.10. The van der Waals surface area contributed by atoms with Crippen LogP contribution < -0.4 is 20.2 Å². The van der Waals surface area contributed by atoms with Gasteiger partial charge in [-0.3, -0.25) is 9.59 Å². The highest BCUT2D eigenvalue weighted by molar-refractivity contribution is 6.39. The molecule has 36 heavy (non-hydrogen) atoms. The molecule has 11 heteroatoms. The van der Waals surface area contributed by atoms with E-state index in [0.29, 0.717) is 34.4 Å². The molecule has 188 valence electrons. The first kappa shape index (κ1) is 26.2. The number of halogens is 4. The maximum atomic E-state index is 13.8.